The van der Waals surface area contributed by atoms with E-state index in [9.17, 15) is 9.59 Å². The molecule has 0 radical (unpaired) electrons. The van der Waals surface area contributed by atoms with Gasteiger partial charge < -0.3 is 16.0 Å². The molecular weight excluding hydrogens is 322 g/mol. The fraction of sp³-hybridized carbons (Fsp3) is 0.167. The molecule has 2 aromatic carbocycles. The van der Waals surface area contributed by atoms with Crippen molar-refractivity contribution in [3.05, 3.63) is 65.7 Å². The van der Waals surface area contributed by atoms with E-state index >= 15 is 0 Å². The van der Waals surface area contributed by atoms with Crippen LogP contribution in [-0.2, 0) is 4.79 Å². The van der Waals surface area contributed by atoms with E-state index < -0.39 is 0 Å². The number of rotatable bonds is 4. The van der Waals surface area contributed by atoms with Crippen molar-refractivity contribution in [2.24, 2.45) is 0 Å². The highest BCUT2D eigenvalue weighted by molar-refractivity contribution is 7.80. The monoisotopic (exact) mass is 341 g/mol. The fourth-order valence-electron chi connectivity index (χ4n) is 2.17. The Morgan fingerprint density at radius 1 is 1.04 bits per heavy atom. The van der Waals surface area contributed by atoms with Gasteiger partial charge in [0.05, 0.1) is 6.04 Å². The van der Waals surface area contributed by atoms with Crippen LogP contribution in [0.15, 0.2) is 54.6 Å². The summed E-state index contributed by atoms with van der Waals surface area (Å²) in [7, 11) is 0. The van der Waals surface area contributed by atoms with Crippen molar-refractivity contribution in [2.75, 3.05) is 5.32 Å². The summed E-state index contributed by atoms with van der Waals surface area (Å²) in [4.78, 5) is 23.4. The molecule has 2 amide bonds. The lowest BCUT2D eigenvalue weighted by Crippen LogP contribution is -2.32. The van der Waals surface area contributed by atoms with E-state index in [2.05, 4.69) is 16.0 Å². The summed E-state index contributed by atoms with van der Waals surface area (Å²) in [6, 6.07) is 16.6. The van der Waals surface area contributed by atoms with Crippen molar-refractivity contribution in [3.8, 4) is 0 Å². The Kier molecular flexibility index (Phi) is 6.03. The van der Waals surface area contributed by atoms with Gasteiger partial charge in [-0.05, 0) is 42.9 Å². The molecule has 5 nitrogen and oxygen atoms in total. The largest absolute Gasteiger partial charge is 0.346 e. The summed E-state index contributed by atoms with van der Waals surface area (Å²) in [5, 5.41) is 8.50. The molecule has 1 unspecified atom stereocenters. The minimum Gasteiger partial charge on any atom is -0.346 e. The van der Waals surface area contributed by atoms with Crippen molar-refractivity contribution in [1.29, 1.82) is 0 Å². The maximum atomic E-state index is 12.4. The van der Waals surface area contributed by atoms with Crippen LogP contribution < -0.4 is 16.0 Å². The van der Waals surface area contributed by atoms with E-state index in [0.29, 0.717) is 11.3 Å². The van der Waals surface area contributed by atoms with Gasteiger partial charge in [-0.25, -0.2) is 0 Å². The quantitative estimate of drug-likeness (QED) is 0.748. The fourth-order valence-corrected chi connectivity index (χ4v) is 2.43. The van der Waals surface area contributed by atoms with Crippen molar-refractivity contribution in [3.63, 3.8) is 0 Å². The molecular formula is C18H19N3O2S. The average molecular weight is 341 g/mol. The van der Waals surface area contributed by atoms with E-state index in [1.807, 2.05) is 37.3 Å². The summed E-state index contributed by atoms with van der Waals surface area (Å²) < 4.78 is 0. The molecule has 0 aliphatic carbocycles. The van der Waals surface area contributed by atoms with Gasteiger partial charge in [0.25, 0.3) is 5.91 Å². The van der Waals surface area contributed by atoms with Gasteiger partial charge in [0, 0.05) is 18.2 Å². The highest BCUT2D eigenvalue weighted by Gasteiger charge is 2.12. The van der Waals surface area contributed by atoms with E-state index in [4.69, 9.17) is 12.2 Å². The van der Waals surface area contributed by atoms with Crippen molar-refractivity contribution in [2.45, 2.75) is 19.9 Å². The maximum Gasteiger partial charge on any atom is 0.251 e. The van der Waals surface area contributed by atoms with Crippen molar-refractivity contribution in [1.82, 2.24) is 10.6 Å². The predicted molar refractivity (Wildman–Crippen MR) is 98.8 cm³/mol. The van der Waals surface area contributed by atoms with Gasteiger partial charge in [0.1, 0.15) is 0 Å². The number of anilines is 1. The number of thiocarbonyl (C=S) groups is 1. The topological polar surface area (TPSA) is 70.2 Å². The summed E-state index contributed by atoms with van der Waals surface area (Å²) in [6.07, 6.45) is 0. The zero-order valence-electron chi connectivity index (χ0n) is 13.5. The SMILES string of the molecule is CC(=O)NC(=S)Nc1cccc(C(=O)NC(C)c2ccccc2)c1. The second-order valence-corrected chi connectivity index (χ2v) is 5.73. The number of amides is 2. The average Bonchev–Trinajstić information content (AvgIpc) is 2.55. The number of benzene rings is 2. The minimum atomic E-state index is -0.252. The standard InChI is InChI=1S/C18H19N3O2S/c1-12(14-7-4-3-5-8-14)19-17(23)15-9-6-10-16(11-15)21-18(24)20-13(2)22/h3-12H,1-2H3,(H,19,23)(H2,20,21,22,24). The van der Waals surface area contributed by atoms with Gasteiger partial charge in [0.2, 0.25) is 5.91 Å². The minimum absolute atomic E-state index is 0.101. The van der Waals surface area contributed by atoms with Gasteiger partial charge >= 0.3 is 0 Å². The third-order valence-corrected chi connectivity index (χ3v) is 3.52. The molecule has 0 aliphatic rings. The first-order valence-electron chi connectivity index (χ1n) is 7.50. The maximum absolute atomic E-state index is 12.4. The van der Waals surface area contributed by atoms with Gasteiger partial charge in [-0.3, -0.25) is 9.59 Å². The van der Waals surface area contributed by atoms with Gasteiger partial charge in [-0.15, -0.1) is 0 Å². The zero-order valence-corrected chi connectivity index (χ0v) is 14.3. The van der Waals surface area contributed by atoms with Crippen LogP contribution in [0.3, 0.4) is 0 Å². The highest BCUT2D eigenvalue weighted by atomic mass is 32.1. The molecule has 2 aromatic rings. The first-order valence-corrected chi connectivity index (χ1v) is 7.91. The van der Waals surface area contributed by atoms with Crippen LogP contribution in [0.25, 0.3) is 0 Å². The van der Waals surface area contributed by atoms with Crippen LogP contribution in [0.4, 0.5) is 5.69 Å². The predicted octanol–water partition coefficient (Wildman–Crippen LogP) is 3.01. The van der Waals surface area contributed by atoms with Gasteiger partial charge in [0.15, 0.2) is 5.11 Å². The first kappa shape index (κ1) is 17.6. The molecule has 0 aliphatic heterocycles. The summed E-state index contributed by atoms with van der Waals surface area (Å²) in [5.41, 5.74) is 2.18. The molecule has 6 heteroatoms. The molecule has 0 saturated heterocycles. The van der Waals surface area contributed by atoms with Crippen LogP contribution in [0, 0.1) is 0 Å². The number of hydrogen-bond donors (Lipinski definition) is 3. The second-order valence-electron chi connectivity index (χ2n) is 5.32. The lowest BCUT2D eigenvalue weighted by atomic mass is 10.1. The smallest absolute Gasteiger partial charge is 0.251 e. The van der Waals surface area contributed by atoms with E-state index in [-0.39, 0.29) is 23.0 Å². The Balaban J connectivity index is 2.03. The number of carbonyl (C=O) groups excluding carboxylic acids is 2. The Bertz CT molecular complexity index is 747. The Labute approximate surface area is 146 Å². The molecule has 0 saturated carbocycles. The van der Waals surface area contributed by atoms with Crippen molar-refractivity contribution < 1.29 is 9.59 Å². The van der Waals surface area contributed by atoms with Crippen LogP contribution in [-0.4, -0.2) is 16.9 Å². The normalized spacial score (nSPS) is 11.2. The Morgan fingerprint density at radius 2 is 1.75 bits per heavy atom. The molecule has 0 spiro atoms. The lowest BCUT2D eigenvalue weighted by molar-refractivity contribution is -0.117. The van der Waals surface area contributed by atoms with Crippen LogP contribution in [0.2, 0.25) is 0 Å². The molecule has 0 heterocycles. The number of carbonyl (C=O) groups is 2. The molecule has 24 heavy (non-hydrogen) atoms. The molecule has 2 rings (SSSR count). The molecule has 0 bridgehead atoms. The molecule has 0 fully saturated rings. The Hall–Kier alpha value is -2.73. The van der Waals surface area contributed by atoms with E-state index in [0.717, 1.165) is 5.56 Å². The lowest BCUT2D eigenvalue weighted by Gasteiger charge is -2.15. The van der Waals surface area contributed by atoms with Crippen LogP contribution >= 0.6 is 12.2 Å². The van der Waals surface area contributed by atoms with Gasteiger partial charge in [-0.2, -0.15) is 0 Å². The summed E-state index contributed by atoms with van der Waals surface area (Å²) in [5.74, 6) is -0.432. The molecule has 1 atom stereocenters. The molecule has 3 N–H and O–H groups in total. The van der Waals surface area contributed by atoms with Crippen molar-refractivity contribution >= 4 is 34.8 Å². The zero-order chi connectivity index (χ0) is 17.5. The van der Waals surface area contributed by atoms with E-state index in [1.54, 1.807) is 24.3 Å². The summed E-state index contributed by atoms with van der Waals surface area (Å²) >= 11 is 5.01. The molecule has 0 aromatic heterocycles. The van der Waals surface area contributed by atoms with Crippen LogP contribution in [0.1, 0.15) is 35.8 Å². The van der Waals surface area contributed by atoms with Gasteiger partial charge in [-0.1, -0.05) is 36.4 Å². The van der Waals surface area contributed by atoms with E-state index in [1.165, 1.54) is 6.92 Å². The van der Waals surface area contributed by atoms with Crippen LogP contribution in [0.5, 0.6) is 0 Å². The summed E-state index contributed by atoms with van der Waals surface area (Å²) in [6.45, 7) is 3.31. The second kappa shape index (κ2) is 8.21. The molecule has 124 valence electrons. The number of hydrogen-bond acceptors (Lipinski definition) is 3. The Morgan fingerprint density at radius 3 is 2.42 bits per heavy atom. The highest BCUT2D eigenvalue weighted by Crippen LogP contribution is 2.14. The third-order valence-electron chi connectivity index (χ3n) is 3.32. The number of nitrogens with one attached hydrogen (secondary N) is 3. The first-order chi connectivity index (χ1) is 11.5. The third kappa shape index (κ3) is 5.17.